The van der Waals surface area contributed by atoms with E-state index >= 15 is 0 Å². The first-order chi connectivity index (χ1) is 8.66. The number of hydrogen-bond acceptors (Lipinski definition) is 2. The van der Waals surface area contributed by atoms with Gasteiger partial charge in [0, 0.05) is 45.3 Å². The minimum atomic E-state index is 0.155. The summed E-state index contributed by atoms with van der Waals surface area (Å²) in [7, 11) is 3.56. The van der Waals surface area contributed by atoms with Gasteiger partial charge in [0.2, 0.25) is 5.91 Å². The molecule has 0 radical (unpaired) electrons. The van der Waals surface area contributed by atoms with Crippen molar-refractivity contribution in [3.8, 4) is 0 Å². The second kappa shape index (κ2) is 5.69. The predicted octanol–water partition coefficient (Wildman–Crippen LogP) is 1.74. The van der Waals surface area contributed by atoms with E-state index < -0.39 is 0 Å². The fourth-order valence-corrected chi connectivity index (χ4v) is 1.86. The van der Waals surface area contributed by atoms with Crippen LogP contribution in [0, 0.1) is 0 Å². The van der Waals surface area contributed by atoms with Gasteiger partial charge in [0.1, 0.15) is 0 Å². The van der Waals surface area contributed by atoms with Gasteiger partial charge in [-0.25, -0.2) is 0 Å². The second-order valence-corrected chi connectivity index (χ2v) is 4.61. The molecule has 0 saturated carbocycles. The molecule has 2 rings (SSSR count). The third-order valence-electron chi connectivity index (χ3n) is 2.96. The smallest absolute Gasteiger partial charge is 0.223 e. The third kappa shape index (κ3) is 3.11. The zero-order chi connectivity index (χ0) is 13.0. The quantitative estimate of drug-likeness (QED) is 0.788. The average Bonchev–Trinajstić information content (AvgIpc) is 2.81. The van der Waals surface area contributed by atoms with Gasteiger partial charge < -0.3 is 15.2 Å². The highest BCUT2D eigenvalue weighted by Gasteiger charge is 2.02. The SMILES string of the molecule is CN(C)C(=O)CCNCc1ccc2cc[nH]c2c1. The van der Waals surface area contributed by atoms with Crippen LogP contribution in [0.1, 0.15) is 12.0 Å². The van der Waals surface area contributed by atoms with E-state index in [1.54, 1.807) is 19.0 Å². The molecule has 2 N–H and O–H groups in total. The van der Waals surface area contributed by atoms with Gasteiger partial charge in [-0.15, -0.1) is 0 Å². The van der Waals surface area contributed by atoms with Crippen LogP contribution in [0.3, 0.4) is 0 Å². The summed E-state index contributed by atoms with van der Waals surface area (Å²) < 4.78 is 0. The van der Waals surface area contributed by atoms with E-state index in [1.807, 2.05) is 6.20 Å². The van der Waals surface area contributed by atoms with Crippen LogP contribution >= 0.6 is 0 Å². The maximum atomic E-state index is 11.4. The van der Waals surface area contributed by atoms with E-state index in [1.165, 1.54) is 10.9 Å². The number of carbonyl (C=O) groups is 1. The molecule has 0 aliphatic heterocycles. The van der Waals surface area contributed by atoms with Crippen LogP contribution in [0.15, 0.2) is 30.5 Å². The van der Waals surface area contributed by atoms with Crippen molar-refractivity contribution in [2.24, 2.45) is 0 Å². The van der Waals surface area contributed by atoms with Gasteiger partial charge >= 0.3 is 0 Å². The molecular weight excluding hydrogens is 226 g/mol. The Bertz CT molecular complexity index is 531. The Morgan fingerprint density at radius 1 is 1.33 bits per heavy atom. The predicted molar refractivity (Wildman–Crippen MR) is 73.3 cm³/mol. The molecule has 0 aliphatic rings. The average molecular weight is 245 g/mol. The standard InChI is InChI=1S/C14H19N3O/c1-17(2)14(18)6-7-15-10-11-3-4-12-5-8-16-13(12)9-11/h3-5,8-9,15-16H,6-7,10H2,1-2H3. The Morgan fingerprint density at radius 3 is 2.94 bits per heavy atom. The lowest BCUT2D eigenvalue weighted by atomic mass is 10.1. The van der Waals surface area contributed by atoms with Crippen LogP contribution < -0.4 is 5.32 Å². The van der Waals surface area contributed by atoms with Gasteiger partial charge in [-0.05, 0) is 23.1 Å². The topological polar surface area (TPSA) is 48.1 Å². The number of benzene rings is 1. The van der Waals surface area contributed by atoms with Gasteiger partial charge in [0.25, 0.3) is 0 Å². The number of carbonyl (C=O) groups excluding carboxylic acids is 1. The molecule has 0 fully saturated rings. The Labute approximate surface area is 107 Å². The van der Waals surface area contributed by atoms with E-state index in [4.69, 9.17) is 0 Å². The van der Waals surface area contributed by atoms with Crippen LogP contribution in [-0.4, -0.2) is 36.4 Å². The molecule has 0 spiro atoms. The molecule has 18 heavy (non-hydrogen) atoms. The summed E-state index contributed by atoms with van der Waals surface area (Å²) in [5.41, 5.74) is 2.38. The number of nitrogens with one attached hydrogen (secondary N) is 2. The van der Waals surface area contributed by atoms with Crippen molar-refractivity contribution in [2.45, 2.75) is 13.0 Å². The van der Waals surface area contributed by atoms with Gasteiger partial charge in [-0.3, -0.25) is 4.79 Å². The van der Waals surface area contributed by atoms with Gasteiger partial charge in [0.15, 0.2) is 0 Å². The lowest BCUT2D eigenvalue weighted by Gasteiger charge is -2.10. The minimum absolute atomic E-state index is 0.155. The third-order valence-corrected chi connectivity index (χ3v) is 2.96. The summed E-state index contributed by atoms with van der Waals surface area (Å²) in [6, 6.07) is 8.41. The number of fused-ring (bicyclic) bond motifs is 1. The van der Waals surface area contributed by atoms with Gasteiger partial charge in [-0.2, -0.15) is 0 Å². The van der Waals surface area contributed by atoms with E-state index in [0.717, 1.165) is 12.1 Å². The Hall–Kier alpha value is -1.81. The molecule has 0 unspecified atom stereocenters. The first-order valence-corrected chi connectivity index (χ1v) is 6.14. The molecular formula is C14H19N3O. The van der Waals surface area contributed by atoms with E-state index in [2.05, 4.69) is 34.6 Å². The number of nitrogens with zero attached hydrogens (tertiary/aromatic N) is 1. The highest BCUT2D eigenvalue weighted by Crippen LogP contribution is 2.13. The lowest BCUT2D eigenvalue weighted by molar-refractivity contribution is -0.128. The van der Waals surface area contributed by atoms with Crippen molar-refractivity contribution in [3.63, 3.8) is 0 Å². The molecule has 4 heteroatoms. The largest absolute Gasteiger partial charge is 0.361 e. The van der Waals surface area contributed by atoms with Crippen LogP contribution in [-0.2, 0) is 11.3 Å². The first-order valence-electron chi connectivity index (χ1n) is 6.14. The van der Waals surface area contributed by atoms with Crippen LogP contribution in [0.4, 0.5) is 0 Å². The molecule has 96 valence electrons. The van der Waals surface area contributed by atoms with Crippen molar-refractivity contribution in [1.29, 1.82) is 0 Å². The van der Waals surface area contributed by atoms with Crippen LogP contribution in [0.5, 0.6) is 0 Å². The summed E-state index contributed by atoms with van der Waals surface area (Å²) in [4.78, 5) is 16.2. The number of rotatable bonds is 5. The number of aromatic amines is 1. The number of H-pyrrole nitrogens is 1. The van der Waals surface area contributed by atoms with Crippen molar-refractivity contribution >= 4 is 16.8 Å². The van der Waals surface area contributed by atoms with Gasteiger partial charge in [0.05, 0.1) is 0 Å². The van der Waals surface area contributed by atoms with Crippen molar-refractivity contribution in [2.75, 3.05) is 20.6 Å². The van der Waals surface area contributed by atoms with Crippen LogP contribution in [0.2, 0.25) is 0 Å². The zero-order valence-corrected chi connectivity index (χ0v) is 10.9. The summed E-state index contributed by atoms with van der Waals surface area (Å²) in [6.07, 6.45) is 2.48. The summed E-state index contributed by atoms with van der Waals surface area (Å²) in [6.45, 7) is 1.50. The molecule has 0 bridgehead atoms. The number of amides is 1. The maximum absolute atomic E-state index is 11.4. The molecule has 0 atom stereocenters. The van der Waals surface area contributed by atoms with E-state index in [0.29, 0.717) is 13.0 Å². The fraction of sp³-hybridized carbons (Fsp3) is 0.357. The zero-order valence-electron chi connectivity index (χ0n) is 10.9. The van der Waals surface area contributed by atoms with E-state index in [9.17, 15) is 4.79 Å². The monoisotopic (exact) mass is 245 g/mol. The number of aromatic nitrogens is 1. The van der Waals surface area contributed by atoms with Crippen LogP contribution in [0.25, 0.3) is 10.9 Å². The first kappa shape index (κ1) is 12.6. The molecule has 1 heterocycles. The fourth-order valence-electron chi connectivity index (χ4n) is 1.86. The highest BCUT2D eigenvalue weighted by atomic mass is 16.2. The Balaban J connectivity index is 1.81. The van der Waals surface area contributed by atoms with Crippen molar-refractivity contribution in [3.05, 3.63) is 36.0 Å². The van der Waals surface area contributed by atoms with Crippen molar-refractivity contribution in [1.82, 2.24) is 15.2 Å². The maximum Gasteiger partial charge on any atom is 0.223 e. The minimum Gasteiger partial charge on any atom is -0.361 e. The molecule has 1 aromatic carbocycles. The second-order valence-electron chi connectivity index (χ2n) is 4.61. The number of hydrogen-bond donors (Lipinski definition) is 2. The lowest BCUT2D eigenvalue weighted by Crippen LogP contribution is -2.26. The van der Waals surface area contributed by atoms with Crippen molar-refractivity contribution < 1.29 is 4.79 Å². The molecule has 1 amide bonds. The molecule has 0 saturated heterocycles. The Kier molecular flexibility index (Phi) is 3.99. The molecule has 2 aromatic rings. The van der Waals surface area contributed by atoms with E-state index in [-0.39, 0.29) is 5.91 Å². The molecule has 4 nitrogen and oxygen atoms in total. The normalized spacial score (nSPS) is 10.8. The summed E-state index contributed by atoms with van der Waals surface area (Å²) in [5, 5.41) is 4.51. The highest BCUT2D eigenvalue weighted by molar-refractivity contribution is 5.79. The summed E-state index contributed by atoms with van der Waals surface area (Å²) >= 11 is 0. The van der Waals surface area contributed by atoms with Gasteiger partial charge in [-0.1, -0.05) is 12.1 Å². The Morgan fingerprint density at radius 2 is 2.17 bits per heavy atom. The summed E-state index contributed by atoms with van der Waals surface area (Å²) in [5.74, 6) is 0.155. The molecule has 1 aromatic heterocycles. The molecule has 0 aliphatic carbocycles.